The van der Waals surface area contributed by atoms with Crippen LogP contribution in [0.25, 0.3) is 6.08 Å². The molecule has 0 spiro atoms. The number of esters is 1. The normalized spacial score (nSPS) is 13.2. The number of sulfonamides is 1. The van der Waals surface area contributed by atoms with Crippen LogP contribution in [0.1, 0.15) is 34.5 Å². The molecule has 0 saturated heterocycles. The average molecular weight is 582 g/mol. The van der Waals surface area contributed by atoms with E-state index in [0.29, 0.717) is 28.1 Å². The molecule has 2 N–H and O–H groups in total. The summed E-state index contributed by atoms with van der Waals surface area (Å²) in [4.78, 5) is 28.8. The lowest BCUT2D eigenvalue weighted by Gasteiger charge is -2.28. The van der Waals surface area contributed by atoms with Gasteiger partial charge in [0, 0.05) is 21.8 Å². The molecule has 1 atom stereocenters. The lowest BCUT2D eigenvalue weighted by Crippen LogP contribution is -2.45. The zero-order chi connectivity index (χ0) is 28.9. The summed E-state index contributed by atoms with van der Waals surface area (Å²) in [5.41, 5.74) is 2.88. The average Bonchev–Trinajstić information content (AvgIpc) is 3.44. The van der Waals surface area contributed by atoms with Gasteiger partial charge in [0.05, 0.1) is 25.2 Å². The summed E-state index contributed by atoms with van der Waals surface area (Å²) < 4.78 is 41.0. The number of fused-ring (bicyclic) bond motifs is 1. The van der Waals surface area contributed by atoms with Gasteiger partial charge in [-0.1, -0.05) is 36.9 Å². The number of carbonyl (C=O) groups is 2. The van der Waals surface area contributed by atoms with Crippen LogP contribution in [0.5, 0.6) is 5.75 Å². The molecule has 3 aromatic rings. The van der Waals surface area contributed by atoms with Gasteiger partial charge in [0.1, 0.15) is 18.3 Å². The molecule has 0 fully saturated rings. The summed E-state index contributed by atoms with van der Waals surface area (Å²) in [6, 6.07) is 12.2. The fraction of sp³-hybridized carbons (Fsp3) is 0.241. The molecule has 0 saturated carbocycles. The minimum atomic E-state index is -4.24. The van der Waals surface area contributed by atoms with Gasteiger partial charge in [0.2, 0.25) is 15.9 Å². The first-order valence-electron chi connectivity index (χ1n) is 12.5. The Hall–Kier alpha value is -3.93. The van der Waals surface area contributed by atoms with Gasteiger partial charge in [0.15, 0.2) is 0 Å². The lowest BCUT2D eigenvalue weighted by atomic mass is 10.0. The van der Waals surface area contributed by atoms with Gasteiger partial charge in [-0.15, -0.1) is 11.3 Å². The van der Waals surface area contributed by atoms with E-state index in [4.69, 9.17) is 9.47 Å². The standard InChI is InChI=1S/C29H31N3O6S2/c1-5-38-27(33)18-32(17-22-9-8-14-39-22)29(34)28(23-10-6-7-11-25(23)37-4)31-40(35,36)26-16-21-13-12-20(3)30-24(21)15-19(26)2/h6-16,28,30-31H,3,5,17-18H2,1-2,4H3/t28-/m1/s1. The quantitative estimate of drug-likeness (QED) is 0.318. The van der Waals surface area contributed by atoms with Gasteiger partial charge in [-0.2, -0.15) is 4.72 Å². The van der Waals surface area contributed by atoms with Crippen molar-refractivity contribution in [3.05, 3.63) is 93.8 Å². The number of allylic oxidation sites excluding steroid dienone is 1. The van der Waals surface area contributed by atoms with Gasteiger partial charge in [-0.05, 0) is 60.7 Å². The highest BCUT2D eigenvalue weighted by molar-refractivity contribution is 7.89. The number of aryl methyl sites for hydroxylation is 1. The molecule has 210 valence electrons. The highest BCUT2D eigenvalue weighted by Gasteiger charge is 2.34. The van der Waals surface area contributed by atoms with E-state index in [-0.39, 0.29) is 24.6 Å². The fourth-order valence-electron chi connectivity index (χ4n) is 4.36. The second-order valence-corrected chi connectivity index (χ2v) is 11.8. The maximum Gasteiger partial charge on any atom is 0.325 e. The van der Waals surface area contributed by atoms with Crippen LogP contribution < -0.4 is 14.8 Å². The second kappa shape index (κ2) is 12.5. The van der Waals surface area contributed by atoms with E-state index in [1.54, 1.807) is 62.4 Å². The van der Waals surface area contributed by atoms with Gasteiger partial charge in [0.25, 0.3) is 0 Å². The van der Waals surface area contributed by atoms with Crippen LogP contribution in [0.4, 0.5) is 5.69 Å². The zero-order valence-corrected chi connectivity index (χ0v) is 24.1. The Balaban J connectivity index is 1.76. The highest BCUT2D eigenvalue weighted by atomic mass is 32.2. The van der Waals surface area contributed by atoms with Crippen molar-refractivity contribution in [1.29, 1.82) is 0 Å². The van der Waals surface area contributed by atoms with Crippen molar-refractivity contribution in [2.24, 2.45) is 0 Å². The molecule has 1 aromatic heterocycles. The number of methoxy groups -OCH3 is 1. The van der Waals surface area contributed by atoms with Gasteiger partial charge in [-0.25, -0.2) is 8.42 Å². The number of ether oxygens (including phenoxy) is 2. The van der Waals surface area contributed by atoms with E-state index >= 15 is 0 Å². The smallest absolute Gasteiger partial charge is 0.325 e. The summed E-state index contributed by atoms with van der Waals surface area (Å²) in [5, 5.41) is 4.99. The number of amides is 1. The molecule has 1 amide bonds. The minimum Gasteiger partial charge on any atom is -0.496 e. The Morgan fingerprint density at radius 3 is 2.62 bits per heavy atom. The van der Waals surface area contributed by atoms with Crippen LogP contribution in [-0.2, 0) is 30.9 Å². The number of nitrogens with one attached hydrogen (secondary N) is 2. The van der Waals surface area contributed by atoms with Crippen molar-refractivity contribution in [2.75, 3.05) is 25.6 Å². The third-order valence-corrected chi connectivity index (χ3v) is 8.66. The number of rotatable bonds is 11. The van der Waals surface area contributed by atoms with Crippen molar-refractivity contribution in [1.82, 2.24) is 9.62 Å². The minimum absolute atomic E-state index is 0.0214. The third kappa shape index (κ3) is 6.61. The molecule has 40 heavy (non-hydrogen) atoms. The van der Waals surface area contributed by atoms with E-state index < -0.39 is 27.9 Å². The summed E-state index contributed by atoms with van der Waals surface area (Å²) in [5.74, 6) is -0.896. The molecule has 0 aliphatic carbocycles. The number of para-hydroxylation sites is 1. The monoisotopic (exact) mass is 581 g/mol. The molecule has 0 radical (unpaired) electrons. The maximum atomic E-state index is 14.2. The first kappa shape index (κ1) is 29.1. The van der Waals surface area contributed by atoms with Crippen LogP contribution in [0.15, 0.2) is 77.2 Å². The first-order valence-corrected chi connectivity index (χ1v) is 14.9. The van der Waals surface area contributed by atoms with Crippen LogP contribution in [-0.4, -0.2) is 45.5 Å². The largest absolute Gasteiger partial charge is 0.496 e. The number of hydrogen-bond acceptors (Lipinski definition) is 8. The van der Waals surface area contributed by atoms with E-state index in [9.17, 15) is 18.0 Å². The molecular formula is C29H31N3O6S2. The van der Waals surface area contributed by atoms with Gasteiger partial charge < -0.3 is 19.7 Å². The van der Waals surface area contributed by atoms with E-state index in [1.807, 2.05) is 17.5 Å². The van der Waals surface area contributed by atoms with Crippen LogP contribution in [0.3, 0.4) is 0 Å². The van der Waals surface area contributed by atoms with E-state index in [2.05, 4.69) is 16.6 Å². The number of nitrogens with zero attached hydrogens (tertiary/aromatic N) is 1. The predicted octanol–water partition coefficient (Wildman–Crippen LogP) is 4.63. The third-order valence-electron chi connectivity index (χ3n) is 6.23. The van der Waals surface area contributed by atoms with Gasteiger partial charge in [-0.3, -0.25) is 9.59 Å². The zero-order valence-electron chi connectivity index (χ0n) is 22.5. The molecule has 2 aromatic carbocycles. The predicted molar refractivity (Wildman–Crippen MR) is 155 cm³/mol. The Morgan fingerprint density at radius 1 is 1.15 bits per heavy atom. The van der Waals surface area contributed by atoms with Crippen LogP contribution in [0, 0.1) is 6.92 Å². The molecule has 1 aliphatic rings. The van der Waals surface area contributed by atoms with E-state index in [0.717, 1.165) is 10.6 Å². The lowest BCUT2D eigenvalue weighted by molar-refractivity contribution is -0.149. The molecule has 0 bridgehead atoms. The summed E-state index contributed by atoms with van der Waals surface area (Å²) >= 11 is 1.42. The van der Waals surface area contributed by atoms with Crippen molar-refractivity contribution < 1.29 is 27.5 Å². The molecule has 4 rings (SSSR count). The molecule has 0 unspecified atom stereocenters. The second-order valence-electron chi connectivity index (χ2n) is 9.06. The van der Waals surface area contributed by atoms with Crippen molar-refractivity contribution in [3.8, 4) is 5.75 Å². The van der Waals surface area contributed by atoms with Crippen molar-refractivity contribution in [3.63, 3.8) is 0 Å². The number of carbonyl (C=O) groups excluding carboxylic acids is 2. The van der Waals surface area contributed by atoms with Crippen molar-refractivity contribution in [2.45, 2.75) is 31.3 Å². The van der Waals surface area contributed by atoms with Crippen LogP contribution >= 0.6 is 11.3 Å². The van der Waals surface area contributed by atoms with Crippen molar-refractivity contribution >= 4 is 45.0 Å². The first-order chi connectivity index (χ1) is 19.1. The molecule has 11 heteroatoms. The number of thiophene rings is 1. The number of anilines is 1. The summed E-state index contributed by atoms with van der Waals surface area (Å²) in [6.07, 6.45) is 3.53. The molecule has 9 nitrogen and oxygen atoms in total. The van der Waals surface area contributed by atoms with Gasteiger partial charge >= 0.3 is 5.97 Å². The fourth-order valence-corrected chi connectivity index (χ4v) is 6.51. The summed E-state index contributed by atoms with van der Waals surface area (Å²) in [7, 11) is -2.80. The molecular weight excluding hydrogens is 550 g/mol. The summed E-state index contributed by atoms with van der Waals surface area (Å²) in [6.45, 7) is 7.14. The SMILES string of the molecule is C=C1C=Cc2cc(S(=O)(=O)N[C@@H](C(=O)N(CC(=O)OCC)Cc3cccs3)c3ccccc3OC)c(C)cc2N1. The number of hydrogen-bond donors (Lipinski definition) is 2. The maximum absolute atomic E-state index is 14.2. The Morgan fingerprint density at radius 2 is 1.93 bits per heavy atom. The Labute approximate surface area is 238 Å². The number of benzene rings is 2. The topological polar surface area (TPSA) is 114 Å². The highest BCUT2D eigenvalue weighted by Crippen LogP contribution is 2.32. The molecule has 1 aliphatic heterocycles. The molecule has 2 heterocycles. The Bertz CT molecular complexity index is 1550. The van der Waals surface area contributed by atoms with E-state index in [1.165, 1.54) is 23.3 Å². The van der Waals surface area contributed by atoms with Crippen LogP contribution in [0.2, 0.25) is 0 Å². The Kier molecular flexibility index (Phi) is 9.08.